The molecule has 1 heterocycles. The Kier molecular flexibility index (Phi) is 4.92. The molecular formula is C12H8Br4S. The fourth-order valence-corrected chi connectivity index (χ4v) is 6.19. The third-order valence-electron chi connectivity index (χ3n) is 2.54. The van der Waals surface area contributed by atoms with Crippen LogP contribution in [0.5, 0.6) is 0 Å². The second-order valence-electron chi connectivity index (χ2n) is 3.60. The zero-order valence-electron chi connectivity index (χ0n) is 8.81. The second kappa shape index (κ2) is 5.87. The number of hydrogen-bond donors (Lipinski definition) is 0. The third-order valence-corrected chi connectivity index (χ3v) is 6.77. The molecule has 0 aliphatic heterocycles. The summed E-state index contributed by atoms with van der Waals surface area (Å²) in [5.41, 5.74) is 3.80. The maximum Gasteiger partial charge on any atom is 0.0757 e. The fraction of sp³-hybridized carbons (Fsp3) is 0.167. The average Bonchev–Trinajstić information content (AvgIpc) is 2.61. The minimum absolute atomic E-state index is 0.205. The van der Waals surface area contributed by atoms with E-state index in [1.807, 2.05) is 0 Å². The highest BCUT2D eigenvalue weighted by Gasteiger charge is 2.18. The second-order valence-corrected chi connectivity index (χ2v) is 9.12. The van der Waals surface area contributed by atoms with E-state index >= 15 is 0 Å². The SMILES string of the molecule is Cc1c(Br)cccc1C(Br)c1cc(Br)sc1Br. The molecule has 0 N–H and O–H groups in total. The molecule has 0 aliphatic rings. The first-order chi connectivity index (χ1) is 8.00. The Morgan fingerprint density at radius 2 is 1.82 bits per heavy atom. The van der Waals surface area contributed by atoms with Crippen LogP contribution < -0.4 is 0 Å². The minimum Gasteiger partial charge on any atom is -0.121 e. The van der Waals surface area contributed by atoms with Crippen molar-refractivity contribution in [2.75, 3.05) is 0 Å². The standard InChI is InChI=1S/C12H8Br4S/c1-6-7(3-2-4-9(6)13)11(15)8-5-10(14)17-12(8)16/h2-5,11H,1H3. The molecule has 0 saturated carbocycles. The van der Waals surface area contributed by atoms with Crippen molar-refractivity contribution < 1.29 is 0 Å². The number of benzene rings is 1. The van der Waals surface area contributed by atoms with Crippen LogP contribution in [0.2, 0.25) is 0 Å². The van der Waals surface area contributed by atoms with Crippen molar-refractivity contribution in [1.29, 1.82) is 0 Å². The van der Waals surface area contributed by atoms with E-state index in [-0.39, 0.29) is 4.83 Å². The normalized spacial score (nSPS) is 12.8. The van der Waals surface area contributed by atoms with Gasteiger partial charge in [-0.2, -0.15) is 0 Å². The Labute approximate surface area is 138 Å². The van der Waals surface area contributed by atoms with Gasteiger partial charge in [0.15, 0.2) is 0 Å². The van der Waals surface area contributed by atoms with E-state index < -0.39 is 0 Å². The Bertz CT molecular complexity index is 547. The summed E-state index contributed by atoms with van der Waals surface area (Å²) in [6, 6.07) is 8.43. The Morgan fingerprint density at radius 1 is 1.12 bits per heavy atom. The predicted molar refractivity (Wildman–Crippen MR) is 89.4 cm³/mol. The Hall–Kier alpha value is 0.840. The highest BCUT2D eigenvalue weighted by atomic mass is 79.9. The van der Waals surface area contributed by atoms with Gasteiger partial charge in [-0.1, -0.05) is 44.0 Å². The van der Waals surface area contributed by atoms with Crippen molar-refractivity contribution in [3.63, 3.8) is 0 Å². The molecule has 0 saturated heterocycles. The quantitative estimate of drug-likeness (QED) is 0.394. The molecule has 17 heavy (non-hydrogen) atoms. The molecule has 90 valence electrons. The lowest BCUT2D eigenvalue weighted by Gasteiger charge is -2.13. The molecular weight excluding hydrogens is 496 g/mol. The molecule has 0 radical (unpaired) electrons. The Morgan fingerprint density at radius 3 is 2.41 bits per heavy atom. The lowest BCUT2D eigenvalue weighted by molar-refractivity contribution is 1.14. The fourth-order valence-electron chi connectivity index (χ4n) is 1.59. The predicted octanol–water partition coefficient (Wildman–Crippen LogP) is 6.83. The zero-order valence-corrected chi connectivity index (χ0v) is 16.0. The van der Waals surface area contributed by atoms with Gasteiger partial charge in [-0.3, -0.25) is 0 Å². The maximum absolute atomic E-state index is 3.78. The highest BCUT2D eigenvalue weighted by molar-refractivity contribution is 9.12. The van der Waals surface area contributed by atoms with Gasteiger partial charge in [-0.15, -0.1) is 11.3 Å². The van der Waals surface area contributed by atoms with Crippen LogP contribution in [-0.4, -0.2) is 0 Å². The van der Waals surface area contributed by atoms with Crippen molar-refractivity contribution in [1.82, 2.24) is 0 Å². The Balaban J connectivity index is 2.47. The van der Waals surface area contributed by atoms with Crippen LogP contribution in [0, 0.1) is 6.92 Å². The summed E-state index contributed by atoms with van der Waals surface area (Å²) in [6.45, 7) is 2.13. The average molecular weight is 504 g/mol. The molecule has 0 amide bonds. The number of rotatable bonds is 2. The van der Waals surface area contributed by atoms with Crippen LogP contribution in [0.1, 0.15) is 21.5 Å². The number of halogens is 4. The van der Waals surface area contributed by atoms with Gasteiger partial charge in [0.25, 0.3) is 0 Å². The van der Waals surface area contributed by atoms with Crippen molar-refractivity contribution in [2.24, 2.45) is 0 Å². The van der Waals surface area contributed by atoms with Crippen molar-refractivity contribution in [3.05, 3.63) is 53.0 Å². The molecule has 1 aromatic heterocycles. The summed E-state index contributed by atoms with van der Waals surface area (Å²) < 4.78 is 3.44. The van der Waals surface area contributed by atoms with Gasteiger partial charge < -0.3 is 0 Å². The van der Waals surface area contributed by atoms with Gasteiger partial charge in [-0.25, -0.2) is 0 Å². The van der Waals surface area contributed by atoms with E-state index in [0.29, 0.717) is 0 Å². The summed E-state index contributed by atoms with van der Waals surface area (Å²) >= 11 is 16.2. The first-order valence-corrected chi connectivity index (χ1v) is 8.95. The van der Waals surface area contributed by atoms with Crippen LogP contribution in [0.25, 0.3) is 0 Å². The van der Waals surface area contributed by atoms with E-state index in [0.717, 1.165) is 12.0 Å². The molecule has 2 rings (SSSR count). The molecule has 1 unspecified atom stereocenters. The van der Waals surface area contributed by atoms with Gasteiger partial charge in [0.1, 0.15) is 0 Å². The van der Waals surface area contributed by atoms with E-state index in [4.69, 9.17) is 0 Å². The van der Waals surface area contributed by atoms with Crippen molar-refractivity contribution >= 4 is 75.1 Å². The van der Waals surface area contributed by atoms with Crippen molar-refractivity contribution in [2.45, 2.75) is 11.8 Å². The first kappa shape index (κ1) is 14.3. The van der Waals surface area contributed by atoms with Crippen LogP contribution in [0.4, 0.5) is 0 Å². The molecule has 0 aliphatic carbocycles. The molecule has 1 aromatic carbocycles. The number of hydrogen-bond acceptors (Lipinski definition) is 1. The van der Waals surface area contributed by atoms with E-state index in [1.165, 1.54) is 16.7 Å². The van der Waals surface area contributed by atoms with Gasteiger partial charge in [0, 0.05) is 4.47 Å². The van der Waals surface area contributed by atoms with E-state index in [9.17, 15) is 0 Å². The van der Waals surface area contributed by atoms with Gasteiger partial charge >= 0.3 is 0 Å². The summed E-state index contributed by atoms with van der Waals surface area (Å²) in [5.74, 6) is 0. The molecule has 5 heteroatoms. The van der Waals surface area contributed by atoms with E-state index in [2.05, 4.69) is 94.9 Å². The van der Waals surface area contributed by atoms with Crippen molar-refractivity contribution in [3.8, 4) is 0 Å². The van der Waals surface area contributed by atoms with Gasteiger partial charge in [0.2, 0.25) is 0 Å². The smallest absolute Gasteiger partial charge is 0.0757 e. The summed E-state index contributed by atoms with van der Waals surface area (Å²) in [4.78, 5) is 0.205. The zero-order chi connectivity index (χ0) is 12.6. The summed E-state index contributed by atoms with van der Waals surface area (Å²) in [5, 5.41) is 0. The third kappa shape index (κ3) is 3.06. The van der Waals surface area contributed by atoms with E-state index in [1.54, 1.807) is 11.3 Å². The maximum atomic E-state index is 3.78. The van der Waals surface area contributed by atoms with Crippen LogP contribution >= 0.6 is 75.1 Å². The largest absolute Gasteiger partial charge is 0.121 e. The summed E-state index contributed by atoms with van der Waals surface area (Å²) in [7, 11) is 0. The van der Waals surface area contributed by atoms with Gasteiger partial charge in [-0.05, 0) is 67.6 Å². The highest BCUT2D eigenvalue weighted by Crippen LogP contribution is 2.43. The molecule has 0 fully saturated rings. The molecule has 0 spiro atoms. The molecule has 2 aromatic rings. The monoisotopic (exact) mass is 500 g/mol. The topological polar surface area (TPSA) is 0 Å². The molecule has 0 nitrogen and oxygen atoms in total. The van der Waals surface area contributed by atoms with Crippen LogP contribution in [0.3, 0.4) is 0 Å². The van der Waals surface area contributed by atoms with Crippen LogP contribution in [-0.2, 0) is 0 Å². The minimum atomic E-state index is 0.205. The molecule has 1 atom stereocenters. The first-order valence-electron chi connectivity index (χ1n) is 4.84. The lowest BCUT2D eigenvalue weighted by atomic mass is 10.0. The van der Waals surface area contributed by atoms with Crippen LogP contribution in [0.15, 0.2) is 36.3 Å². The summed E-state index contributed by atoms with van der Waals surface area (Å²) in [6.07, 6.45) is 0. The lowest BCUT2D eigenvalue weighted by Crippen LogP contribution is -1.95. The number of thiophene rings is 1. The number of alkyl halides is 1. The van der Waals surface area contributed by atoms with Gasteiger partial charge in [0.05, 0.1) is 12.4 Å². The molecule has 0 bridgehead atoms.